The highest BCUT2D eigenvalue weighted by Gasteiger charge is 2.22. The molecule has 1 heterocycles. The molecule has 2 amide bonds. The van der Waals surface area contributed by atoms with Gasteiger partial charge in [-0.25, -0.2) is 8.78 Å². The molecule has 5 nitrogen and oxygen atoms in total. The minimum absolute atomic E-state index is 0.185. The number of furan rings is 1. The van der Waals surface area contributed by atoms with E-state index < -0.39 is 23.4 Å². The van der Waals surface area contributed by atoms with Gasteiger partial charge in [-0.2, -0.15) is 0 Å². The number of nitrogens with one attached hydrogen (secondary N) is 1. The van der Waals surface area contributed by atoms with Gasteiger partial charge in [0.2, 0.25) is 0 Å². The molecule has 3 rings (SSSR count). The van der Waals surface area contributed by atoms with Crippen molar-refractivity contribution in [2.45, 2.75) is 6.54 Å². The van der Waals surface area contributed by atoms with Crippen molar-refractivity contribution in [2.75, 3.05) is 11.9 Å². The van der Waals surface area contributed by atoms with Crippen LogP contribution in [-0.4, -0.2) is 18.9 Å². The second-order valence-electron chi connectivity index (χ2n) is 5.77. The SMILES string of the molecule is CN(C(=O)c1ccc(F)cc1F)c1ccccc1C(=O)NCc1ccco1. The maximum absolute atomic E-state index is 13.9. The summed E-state index contributed by atoms with van der Waals surface area (Å²) < 4.78 is 32.2. The van der Waals surface area contributed by atoms with Crippen LogP contribution in [-0.2, 0) is 6.54 Å². The van der Waals surface area contributed by atoms with Gasteiger partial charge >= 0.3 is 0 Å². The summed E-state index contributed by atoms with van der Waals surface area (Å²) >= 11 is 0. The van der Waals surface area contributed by atoms with Crippen LogP contribution in [0.25, 0.3) is 0 Å². The number of para-hydroxylation sites is 1. The lowest BCUT2D eigenvalue weighted by Crippen LogP contribution is -2.31. The number of amides is 2. The number of halogens is 2. The summed E-state index contributed by atoms with van der Waals surface area (Å²) in [6.45, 7) is 0.185. The minimum atomic E-state index is -0.966. The van der Waals surface area contributed by atoms with Gasteiger partial charge in [0.15, 0.2) is 0 Å². The Morgan fingerprint density at radius 3 is 2.52 bits per heavy atom. The van der Waals surface area contributed by atoms with Crippen LogP contribution in [0.4, 0.5) is 14.5 Å². The Morgan fingerprint density at radius 2 is 1.81 bits per heavy atom. The Balaban J connectivity index is 1.83. The fourth-order valence-electron chi connectivity index (χ4n) is 2.59. The third kappa shape index (κ3) is 4.03. The summed E-state index contributed by atoms with van der Waals surface area (Å²) in [6, 6.07) is 12.6. The smallest absolute Gasteiger partial charge is 0.261 e. The highest BCUT2D eigenvalue weighted by atomic mass is 19.1. The van der Waals surface area contributed by atoms with Gasteiger partial charge in [-0.1, -0.05) is 12.1 Å². The van der Waals surface area contributed by atoms with Gasteiger partial charge in [-0.3, -0.25) is 9.59 Å². The van der Waals surface area contributed by atoms with E-state index in [9.17, 15) is 18.4 Å². The Bertz CT molecular complexity index is 971. The van der Waals surface area contributed by atoms with Crippen molar-refractivity contribution in [1.82, 2.24) is 5.32 Å². The fourth-order valence-corrected chi connectivity index (χ4v) is 2.59. The van der Waals surface area contributed by atoms with Crippen molar-refractivity contribution in [2.24, 2.45) is 0 Å². The zero-order chi connectivity index (χ0) is 19.4. The molecular formula is C20H16F2N2O3. The van der Waals surface area contributed by atoms with E-state index in [0.717, 1.165) is 17.0 Å². The average molecular weight is 370 g/mol. The standard InChI is InChI=1S/C20H16F2N2O3/c1-24(20(26)15-9-8-13(21)11-17(15)22)18-7-3-2-6-16(18)19(25)23-12-14-5-4-10-27-14/h2-11H,12H2,1H3,(H,23,25). The molecule has 0 radical (unpaired) electrons. The van der Waals surface area contributed by atoms with Crippen molar-refractivity contribution >= 4 is 17.5 Å². The Hall–Kier alpha value is -3.48. The number of carbonyl (C=O) groups excluding carboxylic acids is 2. The number of hydrogen-bond donors (Lipinski definition) is 1. The molecule has 138 valence electrons. The monoisotopic (exact) mass is 370 g/mol. The van der Waals surface area contributed by atoms with E-state index in [4.69, 9.17) is 4.42 Å². The van der Waals surface area contributed by atoms with E-state index in [1.54, 1.807) is 36.4 Å². The Labute approximate surface area is 154 Å². The van der Waals surface area contributed by atoms with E-state index in [-0.39, 0.29) is 17.7 Å². The van der Waals surface area contributed by atoms with Gasteiger partial charge in [-0.15, -0.1) is 0 Å². The quantitative estimate of drug-likeness (QED) is 0.744. The van der Waals surface area contributed by atoms with E-state index in [2.05, 4.69) is 5.32 Å². The summed E-state index contributed by atoms with van der Waals surface area (Å²) in [4.78, 5) is 26.3. The lowest BCUT2D eigenvalue weighted by molar-refractivity contribution is 0.0948. The van der Waals surface area contributed by atoms with Crippen LogP contribution < -0.4 is 10.2 Å². The number of anilines is 1. The first-order valence-electron chi connectivity index (χ1n) is 8.10. The first kappa shape index (κ1) is 18.3. The highest BCUT2D eigenvalue weighted by molar-refractivity contribution is 6.10. The van der Waals surface area contributed by atoms with Crippen LogP contribution >= 0.6 is 0 Å². The zero-order valence-electron chi connectivity index (χ0n) is 14.4. The van der Waals surface area contributed by atoms with Gasteiger partial charge < -0.3 is 14.6 Å². The van der Waals surface area contributed by atoms with Crippen molar-refractivity contribution in [3.05, 3.63) is 89.4 Å². The van der Waals surface area contributed by atoms with Crippen LogP contribution in [0.15, 0.2) is 65.3 Å². The predicted octanol–water partition coefficient (Wildman–Crippen LogP) is 3.76. The maximum Gasteiger partial charge on any atom is 0.261 e. The molecule has 0 aliphatic rings. The largest absolute Gasteiger partial charge is 0.467 e. The third-order valence-corrected chi connectivity index (χ3v) is 3.98. The molecular weight excluding hydrogens is 354 g/mol. The van der Waals surface area contributed by atoms with Gasteiger partial charge in [0.1, 0.15) is 17.4 Å². The molecule has 0 fully saturated rings. The van der Waals surface area contributed by atoms with Gasteiger partial charge in [0, 0.05) is 13.1 Å². The van der Waals surface area contributed by atoms with Crippen LogP contribution in [0, 0.1) is 11.6 Å². The minimum Gasteiger partial charge on any atom is -0.467 e. The van der Waals surface area contributed by atoms with Crippen LogP contribution in [0.1, 0.15) is 26.5 Å². The second kappa shape index (κ2) is 7.82. The molecule has 1 aromatic heterocycles. The second-order valence-corrected chi connectivity index (χ2v) is 5.77. The molecule has 7 heteroatoms. The summed E-state index contributed by atoms with van der Waals surface area (Å²) in [5.41, 5.74) is 0.246. The highest BCUT2D eigenvalue weighted by Crippen LogP contribution is 2.22. The molecule has 0 bridgehead atoms. The number of hydrogen-bond acceptors (Lipinski definition) is 3. The molecule has 0 spiro atoms. The number of benzene rings is 2. The van der Waals surface area contributed by atoms with Crippen LogP contribution in [0.5, 0.6) is 0 Å². The summed E-state index contributed by atoms with van der Waals surface area (Å²) in [5, 5.41) is 2.70. The lowest BCUT2D eigenvalue weighted by atomic mass is 10.1. The fraction of sp³-hybridized carbons (Fsp3) is 0.100. The van der Waals surface area contributed by atoms with E-state index >= 15 is 0 Å². The van der Waals surface area contributed by atoms with Gasteiger partial charge in [-0.05, 0) is 36.4 Å². The summed E-state index contributed by atoms with van der Waals surface area (Å²) in [7, 11) is 1.42. The van der Waals surface area contributed by atoms with Crippen molar-refractivity contribution < 1.29 is 22.8 Å². The van der Waals surface area contributed by atoms with E-state index in [0.29, 0.717) is 17.5 Å². The topological polar surface area (TPSA) is 62.6 Å². The molecule has 0 unspecified atom stereocenters. The molecule has 3 aromatic rings. The molecule has 0 saturated carbocycles. The summed E-state index contributed by atoms with van der Waals surface area (Å²) in [5.74, 6) is -2.27. The number of carbonyl (C=O) groups is 2. The number of rotatable bonds is 5. The van der Waals surface area contributed by atoms with Gasteiger partial charge in [0.25, 0.3) is 11.8 Å². The molecule has 0 aliphatic heterocycles. The van der Waals surface area contributed by atoms with Crippen LogP contribution in [0.3, 0.4) is 0 Å². The van der Waals surface area contributed by atoms with E-state index in [1.807, 2.05) is 0 Å². The Kier molecular flexibility index (Phi) is 5.30. The Morgan fingerprint density at radius 1 is 1.04 bits per heavy atom. The first-order valence-corrected chi connectivity index (χ1v) is 8.10. The third-order valence-electron chi connectivity index (χ3n) is 3.98. The molecule has 0 aliphatic carbocycles. The molecule has 0 atom stereocenters. The number of nitrogens with zero attached hydrogens (tertiary/aromatic N) is 1. The normalized spacial score (nSPS) is 10.5. The van der Waals surface area contributed by atoms with E-state index in [1.165, 1.54) is 13.3 Å². The average Bonchev–Trinajstić information content (AvgIpc) is 3.18. The maximum atomic E-state index is 13.9. The molecule has 1 N–H and O–H groups in total. The molecule has 2 aromatic carbocycles. The van der Waals surface area contributed by atoms with Crippen molar-refractivity contribution in [3.8, 4) is 0 Å². The van der Waals surface area contributed by atoms with Crippen molar-refractivity contribution in [1.29, 1.82) is 0 Å². The van der Waals surface area contributed by atoms with Crippen molar-refractivity contribution in [3.63, 3.8) is 0 Å². The molecule has 0 saturated heterocycles. The van der Waals surface area contributed by atoms with Gasteiger partial charge in [0.05, 0.1) is 29.6 Å². The van der Waals surface area contributed by atoms with Crippen LogP contribution in [0.2, 0.25) is 0 Å². The zero-order valence-corrected chi connectivity index (χ0v) is 14.4. The summed E-state index contributed by atoms with van der Waals surface area (Å²) in [6.07, 6.45) is 1.50. The molecule has 27 heavy (non-hydrogen) atoms. The first-order chi connectivity index (χ1) is 13.0. The predicted molar refractivity (Wildman–Crippen MR) is 95.4 cm³/mol. The lowest BCUT2D eigenvalue weighted by Gasteiger charge is -2.20.